The molecule has 1 aliphatic heterocycles. The first-order valence-corrected chi connectivity index (χ1v) is 8.57. The Morgan fingerprint density at radius 1 is 1.16 bits per heavy atom. The molecule has 0 bridgehead atoms. The number of nitrogens with zero attached hydrogens (tertiary/aromatic N) is 4. The van der Waals surface area contributed by atoms with Crippen molar-refractivity contribution in [1.82, 2.24) is 15.2 Å². The molecule has 5 heteroatoms. The van der Waals surface area contributed by atoms with Gasteiger partial charge in [0.05, 0.1) is 6.20 Å². The van der Waals surface area contributed by atoms with Crippen molar-refractivity contribution in [3.63, 3.8) is 0 Å². The largest absolute Gasteiger partial charge is 0.365 e. The summed E-state index contributed by atoms with van der Waals surface area (Å²) in [5.41, 5.74) is 4.98. The molecule has 3 aromatic rings. The minimum absolute atomic E-state index is 0.325. The van der Waals surface area contributed by atoms with E-state index in [4.69, 9.17) is 0 Å². The zero-order valence-corrected chi connectivity index (χ0v) is 14.5. The summed E-state index contributed by atoms with van der Waals surface area (Å²) in [6.45, 7) is 5.00. The van der Waals surface area contributed by atoms with Gasteiger partial charge in [0.15, 0.2) is 5.82 Å². The van der Waals surface area contributed by atoms with Crippen molar-refractivity contribution in [1.29, 1.82) is 0 Å². The second kappa shape index (κ2) is 6.51. The van der Waals surface area contributed by atoms with Gasteiger partial charge in [0, 0.05) is 18.3 Å². The smallest absolute Gasteiger partial charge is 0.252 e. The zero-order valence-electron chi connectivity index (χ0n) is 14.5. The van der Waals surface area contributed by atoms with Gasteiger partial charge in [-0.05, 0) is 37.5 Å². The van der Waals surface area contributed by atoms with Crippen molar-refractivity contribution >= 4 is 17.5 Å². The van der Waals surface area contributed by atoms with Gasteiger partial charge in [-0.1, -0.05) is 48.0 Å². The number of anilines is 3. The van der Waals surface area contributed by atoms with Crippen molar-refractivity contribution in [2.75, 3.05) is 10.2 Å². The predicted octanol–water partition coefficient (Wildman–Crippen LogP) is 3.87. The number of para-hydroxylation sites is 1. The summed E-state index contributed by atoms with van der Waals surface area (Å²) in [5.74, 6) is 1.38. The van der Waals surface area contributed by atoms with E-state index in [2.05, 4.69) is 87.8 Å². The van der Waals surface area contributed by atoms with Crippen molar-refractivity contribution in [2.24, 2.45) is 0 Å². The number of hydrogen-bond donors (Lipinski definition) is 1. The number of rotatable bonds is 4. The quantitative estimate of drug-likeness (QED) is 0.786. The summed E-state index contributed by atoms with van der Waals surface area (Å²) >= 11 is 0. The monoisotopic (exact) mass is 331 g/mol. The maximum Gasteiger partial charge on any atom is 0.252 e. The minimum atomic E-state index is 0.325. The first kappa shape index (κ1) is 15.6. The van der Waals surface area contributed by atoms with Gasteiger partial charge in [-0.25, -0.2) is 0 Å². The Kier molecular flexibility index (Phi) is 4.06. The second-order valence-corrected chi connectivity index (χ2v) is 6.54. The highest BCUT2D eigenvalue weighted by molar-refractivity contribution is 5.67. The Bertz CT molecular complexity index is 893. The third-order valence-corrected chi connectivity index (χ3v) is 4.53. The normalized spacial score (nSPS) is 15.9. The maximum atomic E-state index is 4.68. The Morgan fingerprint density at radius 3 is 2.92 bits per heavy atom. The van der Waals surface area contributed by atoms with Crippen LogP contribution in [-0.2, 0) is 13.0 Å². The summed E-state index contributed by atoms with van der Waals surface area (Å²) < 4.78 is 0. The molecular formula is C20H21N5. The van der Waals surface area contributed by atoms with Gasteiger partial charge in [0.25, 0.3) is 5.95 Å². The standard InChI is InChI=1S/C20H21N5/c1-14-6-5-7-16(10-14)12-21-19-13-22-24-20(23-19)25-15(2)11-17-8-3-4-9-18(17)25/h3-10,13,15H,11-12H2,1-2H3,(H,21,23,24). The lowest BCUT2D eigenvalue weighted by molar-refractivity contribution is 0.729. The van der Waals surface area contributed by atoms with E-state index in [1.54, 1.807) is 6.20 Å². The number of benzene rings is 2. The maximum absolute atomic E-state index is 4.68. The molecule has 0 radical (unpaired) electrons. The highest BCUT2D eigenvalue weighted by atomic mass is 15.4. The molecule has 0 fully saturated rings. The van der Waals surface area contributed by atoms with Crippen LogP contribution in [0, 0.1) is 6.92 Å². The Hall–Kier alpha value is -2.95. The molecular weight excluding hydrogens is 310 g/mol. The van der Waals surface area contributed by atoms with E-state index < -0.39 is 0 Å². The summed E-state index contributed by atoms with van der Waals surface area (Å²) in [4.78, 5) is 6.85. The van der Waals surface area contributed by atoms with Crippen LogP contribution in [0.15, 0.2) is 54.7 Å². The number of fused-ring (bicyclic) bond motifs is 1. The van der Waals surface area contributed by atoms with Gasteiger partial charge in [-0.15, -0.1) is 5.10 Å². The molecule has 1 aromatic heterocycles. The molecule has 0 saturated carbocycles. The molecule has 126 valence electrons. The highest BCUT2D eigenvalue weighted by Crippen LogP contribution is 2.36. The third-order valence-electron chi connectivity index (χ3n) is 4.53. The van der Waals surface area contributed by atoms with Crippen molar-refractivity contribution in [3.05, 3.63) is 71.4 Å². The molecule has 1 unspecified atom stereocenters. The van der Waals surface area contributed by atoms with E-state index in [1.165, 1.54) is 22.4 Å². The fraction of sp³-hybridized carbons (Fsp3) is 0.250. The van der Waals surface area contributed by atoms with E-state index in [0.29, 0.717) is 18.5 Å². The average molecular weight is 331 g/mol. The molecule has 1 N–H and O–H groups in total. The van der Waals surface area contributed by atoms with E-state index in [9.17, 15) is 0 Å². The van der Waals surface area contributed by atoms with Crippen LogP contribution in [0.2, 0.25) is 0 Å². The van der Waals surface area contributed by atoms with E-state index >= 15 is 0 Å². The molecule has 1 aliphatic rings. The summed E-state index contributed by atoms with van der Waals surface area (Å²) in [5, 5.41) is 11.8. The molecule has 25 heavy (non-hydrogen) atoms. The third kappa shape index (κ3) is 3.18. The average Bonchev–Trinajstić information content (AvgIpc) is 2.96. The van der Waals surface area contributed by atoms with E-state index in [1.807, 2.05) is 0 Å². The molecule has 5 nitrogen and oxygen atoms in total. The molecule has 4 rings (SSSR count). The highest BCUT2D eigenvalue weighted by Gasteiger charge is 2.29. The van der Waals surface area contributed by atoms with Crippen LogP contribution in [0.4, 0.5) is 17.5 Å². The molecule has 0 aliphatic carbocycles. The lowest BCUT2D eigenvalue weighted by atomic mass is 10.1. The summed E-state index contributed by atoms with van der Waals surface area (Å²) in [6, 6.07) is 17.2. The lowest BCUT2D eigenvalue weighted by Gasteiger charge is -2.22. The Labute approximate surface area is 147 Å². The van der Waals surface area contributed by atoms with Gasteiger partial charge in [-0.2, -0.15) is 10.1 Å². The summed E-state index contributed by atoms with van der Waals surface area (Å²) in [7, 11) is 0. The van der Waals surface area contributed by atoms with Crippen molar-refractivity contribution in [2.45, 2.75) is 32.9 Å². The molecule has 1 atom stereocenters. The SMILES string of the molecule is Cc1cccc(CNc2cnnc(N3c4ccccc4CC3C)n2)c1. The number of nitrogens with one attached hydrogen (secondary N) is 1. The predicted molar refractivity (Wildman–Crippen MR) is 100 cm³/mol. The summed E-state index contributed by atoms with van der Waals surface area (Å²) in [6.07, 6.45) is 2.67. The molecule has 0 spiro atoms. The van der Waals surface area contributed by atoms with Crippen LogP contribution in [0.1, 0.15) is 23.6 Å². The fourth-order valence-corrected chi connectivity index (χ4v) is 3.37. The van der Waals surface area contributed by atoms with Gasteiger partial charge in [0.2, 0.25) is 0 Å². The van der Waals surface area contributed by atoms with Crippen molar-refractivity contribution < 1.29 is 0 Å². The second-order valence-electron chi connectivity index (χ2n) is 6.54. The Balaban J connectivity index is 1.56. The van der Waals surface area contributed by atoms with Crippen LogP contribution in [-0.4, -0.2) is 21.2 Å². The van der Waals surface area contributed by atoms with Gasteiger partial charge in [0.1, 0.15) is 0 Å². The number of aryl methyl sites for hydroxylation is 1. The van der Waals surface area contributed by atoms with Crippen LogP contribution in [0.25, 0.3) is 0 Å². The molecule has 2 heterocycles. The van der Waals surface area contributed by atoms with Crippen LogP contribution >= 0.6 is 0 Å². The van der Waals surface area contributed by atoms with Crippen LogP contribution in [0.5, 0.6) is 0 Å². The van der Waals surface area contributed by atoms with Crippen molar-refractivity contribution in [3.8, 4) is 0 Å². The van der Waals surface area contributed by atoms with Gasteiger partial charge >= 0.3 is 0 Å². The number of aromatic nitrogens is 3. The van der Waals surface area contributed by atoms with E-state index in [-0.39, 0.29) is 0 Å². The Morgan fingerprint density at radius 2 is 2.04 bits per heavy atom. The van der Waals surface area contributed by atoms with Crippen LogP contribution < -0.4 is 10.2 Å². The fourth-order valence-electron chi connectivity index (χ4n) is 3.37. The lowest BCUT2D eigenvalue weighted by Crippen LogP contribution is -2.26. The molecule has 0 amide bonds. The first-order valence-electron chi connectivity index (χ1n) is 8.57. The molecule has 0 saturated heterocycles. The number of hydrogen-bond acceptors (Lipinski definition) is 5. The first-order chi connectivity index (χ1) is 12.2. The van der Waals surface area contributed by atoms with Gasteiger partial charge in [-0.3, -0.25) is 0 Å². The van der Waals surface area contributed by atoms with Gasteiger partial charge < -0.3 is 10.2 Å². The minimum Gasteiger partial charge on any atom is -0.365 e. The van der Waals surface area contributed by atoms with E-state index in [0.717, 1.165) is 12.2 Å². The van der Waals surface area contributed by atoms with Crippen LogP contribution in [0.3, 0.4) is 0 Å². The zero-order chi connectivity index (χ0) is 17.2. The topological polar surface area (TPSA) is 53.9 Å². The molecule has 2 aromatic carbocycles.